The highest BCUT2D eigenvalue weighted by molar-refractivity contribution is 7.95. The molecule has 1 unspecified atom stereocenters. The quantitative estimate of drug-likeness (QED) is 0.207. The van der Waals surface area contributed by atoms with Gasteiger partial charge in [0.2, 0.25) is 0 Å². The van der Waals surface area contributed by atoms with Crippen LogP contribution in [0.15, 0.2) is 54.6 Å². The first kappa shape index (κ1) is 23.8. The van der Waals surface area contributed by atoms with Crippen LogP contribution in [-0.2, 0) is 4.28 Å². The molecule has 3 aromatic rings. The SMILES string of the molecule is CCC(C)Oc1ccc(/C=C/c2ccc3c4c(cccc24)C(=O)N(OSC(F)(F)F)C3=O)cc1. The Labute approximate surface area is 198 Å². The lowest BCUT2D eigenvalue weighted by molar-refractivity contribution is -0.0570. The first-order valence-electron chi connectivity index (χ1n) is 10.5. The van der Waals surface area contributed by atoms with Crippen molar-refractivity contribution >= 4 is 46.8 Å². The fraction of sp³-hybridized carbons (Fsp3) is 0.200. The third-order valence-electron chi connectivity index (χ3n) is 5.36. The predicted molar refractivity (Wildman–Crippen MR) is 125 cm³/mol. The van der Waals surface area contributed by atoms with Crippen molar-refractivity contribution in [2.24, 2.45) is 0 Å². The number of hydrogen-bond donors (Lipinski definition) is 0. The molecule has 3 aromatic carbocycles. The maximum Gasteiger partial charge on any atom is 0.470 e. The Kier molecular flexibility index (Phi) is 6.67. The van der Waals surface area contributed by atoms with Gasteiger partial charge in [-0.3, -0.25) is 9.59 Å². The zero-order valence-corrected chi connectivity index (χ0v) is 19.1. The molecule has 176 valence electrons. The summed E-state index contributed by atoms with van der Waals surface area (Å²) < 4.78 is 47.8. The second-order valence-corrected chi connectivity index (χ2v) is 8.46. The van der Waals surface area contributed by atoms with E-state index in [1.54, 1.807) is 18.2 Å². The summed E-state index contributed by atoms with van der Waals surface area (Å²) in [7, 11) is 0. The summed E-state index contributed by atoms with van der Waals surface area (Å²) in [5.74, 6) is -1.11. The molecule has 0 radical (unpaired) electrons. The molecule has 1 heterocycles. The van der Waals surface area contributed by atoms with E-state index in [9.17, 15) is 22.8 Å². The fourth-order valence-corrected chi connectivity index (χ4v) is 3.84. The van der Waals surface area contributed by atoms with Crippen LogP contribution in [0.3, 0.4) is 0 Å². The zero-order valence-electron chi connectivity index (χ0n) is 18.3. The molecule has 1 aliphatic heterocycles. The van der Waals surface area contributed by atoms with E-state index in [0.717, 1.165) is 23.3 Å². The molecule has 0 fully saturated rings. The van der Waals surface area contributed by atoms with Gasteiger partial charge in [0.25, 0.3) is 11.8 Å². The zero-order chi connectivity index (χ0) is 24.5. The third kappa shape index (κ3) is 4.95. The molecule has 4 rings (SSSR count). The molecule has 0 saturated carbocycles. The van der Waals surface area contributed by atoms with Crippen molar-refractivity contribution < 1.29 is 31.8 Å². The minimum Gasteiger partial charge on any atom is -0.491 e. The summed E-state index contributed by atoms with van der Waals surface area (Å²) in [5.41, 5.74) is -2.90. The lowest BCUT2D eigenvalue weighted by Crippen LogP contribution is -2.39. The number of alkyl halides is 3. The number of hydrogen-bond acceptors (Lipinski definition) is 5. The number of nitrogens with zero attached hydrogens (tertiary/aromatic N) is 1. The number of carbonyl (C=O) groups excluding carboxylic acids is 2. The first-order chi connectivity index (χ1) is 16.2. The average molecular weight is 487 g/mol. The number of ether oxygens (including phenoxy) is 1. The van der Waals surface area contributed by atoms with Crippen molar-refractivity contribution in [1.29, 1.82) is 0 Å². The monoisotopic (exact) mass is 487 g/mol. The Morgan fingerprint density at radius 1 is 0.971 bits per heavy atom. The van der Waals surface area contributed by atoms with Gasteiger partial charge in [0, 0.05) is 5.39 Å². The molecular formula is C25H20F3NO4S. The van der Waals surface area contributed by atoms with E-state index in [4.69, 9.17) is 4.74 Å². The van der Waals surface area contributed by atoms with Gasteiger partial charge in [-0.25, -0.2) is 0 Å². The summed E-state index contributed by atoms with van der Waals surface area (Å²) in [6, 6.07) is 15.6. The van der Waals surface area contributed by atoms with Gasteiger partial charge in [0.1, 0.15) is 17.8 Å². The molecule has 0 bridgehead atoms. The summed E-state index contributed by atoms with van der Waals surface area (Å²) in [6.45, 7) is 4.05. The molecule has 9 heteroatoms. The van der Waals surface area contributed by atoms with E-state index in [2.05, 4.69) is 11.2 Å². The third-order valence-corrected chi connectivity index (χ3v) is 5.77. The highest BCUT2D eigenvalue weighted by Gasteiger charge is 2.39. The average Bonchev–Trinajstić information content (AvgIpc) is 2.81. The minimum absolute atomic E-state index is 0.0941. The Morgan fingerprint density at radius 3 is 2.29 bits per heavy atom. The van der Waals surface area contributed by atoms with Crippen LogP contribution in [0.5, 0.6) is 5.75 Å². The number of imide groups is 1. The van der Waals surface area contributed by atoms with Crippen molar-refractivity contribution in [3.05, 3.63) is 76.9 Å². The second kappa shape index (κ2) is 9.52. The molecule has 5 nitrogen and oxygen atoms in total. The lowest BCUT2D eigenvalue weighted by atomic mass is 9.92. The normalized spacial score (nSPS) is 14.8. The smallest absolute Gasteiger partial charge is 0.470 e. The highest BCUT2D eigenvalue weighted by atomic mass is 32.2. The van der Waals surface area contributed by atoms with Crippen LogP contribution < -0.4 is 4.74 Å². The van der Waals surface area contributed by atoms with Crippen LogP contribution in [-0.4, -0.2) is 28.5 Å². The number of rotatable bonds is 7. The number of amides is 2. The molecule has 34 heavy (non-hydrogen) atoms. The molecule has 2 amide bonds. The van der Waals surface area contributed by atoms with Crippen LogP contribution in [0.4, 0.5) is 13.2 Å². The maximum atomic E-state index is 12.7. The van der Waals surface area contributed by atoms with Crippen LogP contribution >= 0.6 is 12.0 Å². The number of benzene rings is 3. The lowest BCUT2D eigenvalue weighted by Gasteiger charge is -2.25. The van der Waals surface area contributed by atoms with Crippen LogP contribution in [0.2, 0.25) is 0 Å². The van der Waals surface area contributed by atoms with Gasteiger partial charge in [-0.1, -0.05) is 49.4 Å². The van der Waals surface area contributed by atoms with Crippen molar-refractivity contribution in [2.45, 2.75) is 31.9 Å². The summed E-state index contributed by atoms with van der Waals surface area (Å²) in [4.78, 5) is 25.4. The minimum atomic E-state index is -4.76. The number of carbonyl (C=O) groups is 2. The molecule has 1 atom stereocenters. The molecule has 0 saturated heterocycles. The largest absolute Gasteiger partial charge is 0.491 e. The molecule has 0 aliphatic carbocycles. The number of hydroxylamine groups is 2. The summed E-state index contributed by atoms with van der Waals surface area (Å²) in [5, 5.41) is 1.16. The van der Waals surface area contributed by atoms with E-state index >= 15 is 0 Å². The van der Waals surface area contributed by atoms with Crippen molar-refractivity contribution in [3.63, 3.8) is 0 Å². The van der Waals surface area contributed by atoms with Gasteiger partial charge in [-0.05, 0) is 54.1 Å². The van der Waals surface area contributed by atoms with E-state index in [1.807, 2.05) is 43.3 Å². The van der Waals surface area contributed by atoms with Crippen LogP contribution in [0.1, 0.15) is 52.1 Å². The van der Waals surface area contributed by atoms with Crippen molar-refractivity contribution in [2.75, 3.05) is 0 Å². The van der Waals surface area contributed by atoms with Gasteiger partial charge in [0.15, 0.2) is 0 Å². The standard InChI is InChI=1S/C25H20F3NO4S/c1-3-15(2)32-18-12-8-16(9-13-18)7-10-17-11-14-21-22-19(17)5-4-6-20(22)23(30)29(24(21)31)33-34-25(26,27)28/h4-15H,3H2,1-2H3/b10-7+. The predicted octanol–water partition coefficient (Wildman–Crippen LogP) is 6.88. The van der Waals surface area contributed by atoms with Gasteiger partial charge < -0.3 is 4.74 Å². The molecule has 0 spiro atoms. The van der Waals surface area contributed by atoms with Gasteiger partial charge in [-0.15, -0.1) is 5.06 Å². The van der Waals surface area contributed by atoms with Gasteiger partial charge in [-0.2, -0.15) is 17.5 Å². The van der Waals surface area contributed by atoms with E-state index < -0.39 is 29.4 Å². The molecule has 0 aromatic heterocycles. The number of halogens is 3. The van der Waals surface area contributed by atoms with Gasteiger partial charge in [0.05, 0.1) is 17.2 Å². The van der Waals surface area contributed by atoms with Gasteiger partial charge >= 0.3 is 5.51 Å². The Hall–Kier alpha value is -3.30. The molecule has 0 N–H and O–H groups in total. The maximum absolute atomic E-state index is 12.7. The Morgan fingerprint density at radius 2 is 1.65 bits per heavy atom. The van der Waals surface area contributed by atoms with Crippen LogP contribution in [0.25, 0.3) is 22.9 Å². The highest BCUT2D eigenvalue weighted by Crippen LogP contribution is 2.37. The Balaban J connectivity index is 1.63. The first-order valence-corrected chi connectivity index (χ1v) is 11.2. The van der Waals surface area contributed by atoms with E-state index in [-0.39, 0.29) is 22.3 Å². The van der Waals surface area contributed by atoms with Crippen molar-refractivity contribution in [1.82, 2.24) is 5.06 Å². The molecule has 1 aliphatic rings. The Bertz CT molecular complexity index is 1250. The topological polar surface area (TPSA) is 55.8 Å². The second-order valence-electron chi connectivity index (χ2n) is 7.68. The molecular weight excluding hydrogens is 467 g/mol. The fourth-order valence-electron chi connectivity index (χ4n) is 3.55. The summed E-state index contributed by atoms with van der Waals surface area (Å²) >= 11 is -0.910. The summed E-state index contributed by atoms with van der Waals surface area (Å²) in [6.07, 6.45) is 4.77. The van der Waals surface area contributed by atoms with Crippen molar-refractivity contribution in [3.8, 4) is 5.75 Å². The van der Waals surface area contributed by atoms with Crippen LogP contribution in [0, 0.1) is 0 Å². The van der Waals surface area contributed by atoms with E-state index in [1.165, 1.54) is 12.1 Å². The van der Waals surface area contributed by atoms with E-state index in [0.29, 0.717) is 10.8 Å².